The first-order valence-electron chi connectivity index (χ1n) is 5.29. The third kappa shape index (κ3) is 3.11. The summed E-state index contributed by atoms with van der Waals surface area (Å²) in [6, 6.07) is 13.2. The fraction of sp³-hybridized carbons (Fsp3) is 0.154. The van der Waals surface area contributed by atoms with Gasteiger partial charge in [0.2, 0.25) is 0 Å². The summed E-state index contributed by atoms with van der Waals surface area (Å²) in [6.45, 7) is -0.525. The van der Waals surface area contributed by atoms with Crippen LogP contribution in [0.5, 0.6) is 5.75 Å². The number of rotatable bonds is 4. The number of aromatic nitrogens is 1. The molecule has 1 heterocycles. The van der Waals surface area contributed by atoms with Crippen LogP contribution in [0.25, 0.3) is 0 Å². The summed E-state index contributed by atoms with van der Waals surface area (Å²) >= 11 is 1.20. The summed E-state index contributed by atoms with van der Waals surface area (Å²) in [6.07, 6.45) is 0.661. The van der Waals surface area contributed by atoms with Crippen LogP contribution >= 0.6 is 0 Å². The van der Waals surface area contributed by atoms with E-state index in [2.05, 4.69) is 4.98 Å². The predicted molar refractivity (Wildman–Crippen MR) is 64.7 cm³/mol. The molecule has 0 atom stereocenters. The number of alkyl halides is 1. The zero-order valence-electron chi connectivity index (χ0n) is 9.27. The molecular weight excluding hydrogens is 275 g/mol. The Kier molecular flexibility index (Phi) is 4.22. The molecule has 0 aliphatic carbocycles. The zero-order chi connectivity index (χ0) is 12.1. The normalized spacial score (nSPS) is 10.2. The molecule has 2 nitrogen and oxygen atoms in total. The van der Waals surface area contributed by atoms with Gasteiger partial charge in [0.05, 0.1) is 0 Å². The summed E-state index contributed by atoms with van der Waals surface area (Å²) in [4.78, 5) is 4.24. The summed E-state index contributed by atoms with van der Waals surface area (Å²) in [5.74, 6) is 0.861. The fourth-order valence-electron chi connectivity index (χ4n) is 1.66. The number of pyridine rings is 1. The number of para-hydroxylation sites is 1. The third-order valence-electron chi connectivity index (χ3n) is 2.47. The first-order chi connectivity index (χ1) is 8.33. The van der Waals surface area contributed by atoms with Gasteiger partial charge in [-0.3, -0.25) is 0 Å². The van der Waals surface area contributed by atoms with E-state index in [1.54, 1.807) is 6.07 Å². The van der Waals surface area contributed by atoms with Gasteiger partial charge in [0, 0.05) is 0 Å². The van der Waals surface area contributed by atoms with Crippen molar-refractivity contribution in [3.63, 3.8) is 0 Å². The number of hydrogen-bond donors (Lipinski definition) is 0. The van der Waals surface area contributed by atoms with Crippen LogP contribution in [0.15, 0.2) is 42.5 Å². The summed E-state index contributed by atoms with van der Waals surface area (Å²) in [5, 5.41) is 0. The number of halogens is 1. The van der Waals surface area contributed by atoms with Crippen molar-refractivity contribution in [3.05, 3.63) is 59.4 Å². The summed E-state index contributed by atoms with van der Waals surface area (Å²) in [7, 11) is 0. The third-order valence-corrected chi connectivity index (χ3v) is 3.01. The molecule has 1 aromatic heterocycles. The Labute approximate surface area is 110 Å². The Balaban J connectivity index is 2.24. The van der Waals surface area contributed by atoms with Crippen LogP contribution in [0.1, 0.15) is 17.0 Å². The van der Waals surface area contributed by atoms with Crippen LogP contribution in [-0.2, 0) is 13.1 Å². The maximum absolute atomic E-state index is 12.5. The average Bonchev–Trinajstić information content (AvgIpc) is 2.39. The molecule has 84 valence electrons. The monoisotopic (exact) mass is 285 g/mol. The zero-order valence-corrected chi connectivity index (χ0v) is 11.7. The van der Waals surface area contributed by atoms with Gasteiger partial charge < -0.3 is 0 Å². The summed E-state index contributed by atoms with van der Waals surface area (Å²) in [5.41, 5.74) is 2.40. The second-order valence-corrected chi connectivity index (χ2v) is 4.15. The molecular formula is C13H11FGaNO. The van der Waals surface area contributed by atoms with Gasteiger partial charge in [-0.1, -0.05) is 0 Å². The molecule has 0 amide bonds. The Morgan fingerprint density at radius 3 is 2.59 bits per heavy atom. The molecule has 0 aliphatic heterocycles. The van der Waals surface area contributed by atoms with Gasteiger partial charge in [-0.2, -0.15) is 0 Å². The molecule has 4 heteroatoms. The van der Waals surface area contributed by atoms with E-state index in [0.29, 0.717) is 12.1 Å². The fourth-order valence-corrected chi connectivity index (χ4v) is 2.14. The van der Waals surface area contributed by atoms with E-state index in [1.807, 2.05) is 36.4 Å². The number of benzene rings is 1. The molecule has 0 bridgehead atoms. The molecule has 0 unspecified atom stereocenters. The summed E-state index contributed by atoms with van der Waals surface area (Å²) < 4.78 is 17.8. The van der Waals surface area contributed by atoms with Crippen molar-refractivity contribution < 1.29 is 7.92 Å². The van der Waals surface area contributed by atoms with Crippen molar-refractivity contribution in [1.29, 1.82) is 0 Å². The topological polar surface area (TPSA) is 22.1 Å². The van der Waals surface area contributed by atoms with Crippen LogP contribution in [0.2, 0.25) is 0 Å². The molecule has 0 saturated carbocycles. The molecule has 0 spiro atoms. The molecule has 2 radical (unpaired) electrons. The minimum absolute atomic E-state index is 0.474. The Bertz CT molecular complexity index is 504. The van der Waals surface area contributed by atoms with Crippen LogP contribution < -0.4 is 3.53 Å². The molecule has 1 aromatic carbocycles. The van der Waals surface area contributed by atoms with E-state index in [-0.39, 0.29) is 0 Å². The van der Waals surface area contributed by atoms with Gasteiger partial charge in [0.25, 0.3) is 0 Å². The average molecular weight is 286 g/mol. The predicted octanol–water partition coefficient (Wildman–Crippen LogP) is 2.60. The van der Waals surface area contributed by atoms with Crippen LogP contribution in [0.3, 0.4) is 0 Å². The van der Waals surface area contributed by atoms with Crippen LogP contribution in [-0.4, -0.2) is 23.9 Å². The van der Waals surface area contributed by atoms with Gasteiger partial charge in [0.15, 0.2) is 0 Å². The second-order valence-electron chi connectivity index (χ2n) is 3.66. The van der Waals surface area contributed by atoms with Crippen molar-refractivity contribution in [2.24, 2.45) is 0 Å². The minimum atomic E-state index is -0.525. The van der Waals surface area contributed by atoms with Crippen LogP contribution in [0.4, 0.5) is 4.39 Å². The molecule has 2 rings (SSSR count). The molecule has 0 aliphatic rings. The van der Waals surface area contributed by atoms with Crippen molar-refractivity contribution >= 4 is 19.0 Å². The van der Waals surface area contributed by atoms with Gasteiger partial charge in [-0.25, -0.2) is 0 Å². The SMILES string of the molecule is FCc1cccc(Cc2ccccc2[O][Ga])n1. The van der Waals surface area contributed by atoms with Crippen molar-refractivity contribution in [2.45, 2.75) is 13.1 Å². The van der Waals surface area contributed by atoms with Gasteiger partial charge in [0.1, 0.15) is 0 Å². The molecule has 17 heavy (non-hydrogen) atoms. The van der Waals surface area contributed by atoms with Crippen molar-refractivity contribution in [2.75, 3.05) is 0 Å². The molecule has 0 saturated heterocycles. The molecule has 0 N–H and O–H groups in total. The quantitative estimate of drug-likeness (QED) is 0.806. The van der Waals surface area contributed by atoms with E-state index >= 15 is 0 Å². The Morgan fingerprint density at radius 1 is 1.06 bits per heavy atom. The van der Waals surface area contributed by atoms with Gasteiger partial charge in [-0.05, 0) is 0 Å². The van der Waals surface area contributed by atoms with E-state index in [1.165, 1.54) is 19.0 Å². The first-order valence-corrected chi connectivity index (χ1v) is 6.28. The van der Waals surface area contributed by atoms with E-state index < -0.39 is 6.67 Å². The number of nitrogens with zero attached hydrogens (tertiary/aromatic N) is 1. The van der Waals surface area contributed by atoms with E-state index in [0.717, 1.165) is 17.0 Å². The van der Waals surface area contributed by atoms with E-state index in [9.17, 15) is 4.39 Å². The number of hydrogen-bond acceptors (Lipinski definition) is 2. The van der Waals surface area contributed by atoms with Crippen LogP contribution in [0, 0.1) is 0 Å². The standard InChI is InChI=1S/C13H12FNO.Ga/c14-9-12-6-3-5-11(15-12)8-10-4-1-2-7-13(10)16;/h1-7,16H,8-9H2;/q;+1/p-1. The van der Waals surface area contributed by atoms with Gasteiger partial charge in [-0.15, -0.1) is 0 Å². The van der Waals surface area contributed by atoms with Gasteiger partial charge >= 0.3 is 110 Å². The Morgan fingerprint density at radius 2 is 1.82 bits per heavy atom. The van der Waals surface area contributed by atoms with E-state index in [4.69, 9.17) is 3.53 Å². The second kappa shape index (κ2) is 5.89. The molecule has 2 aromatic rings. The maximum atomic E-state index is 12.5. The van der Waals surface area contributed by atoms with Crippen molar-refractivity contribution in [3.8, 4) is 5.75 Å². The Hall–Kier alpha value is -1.26. The molecule has 0 fully saturated rings. The first kappa shape index (κ1) is 12.2. The van der Waals surface area contributed by atoms with Crippen molar-refractivity contribution in [1.82, 2.24) is 4.98 Å².